The second-order valence-corrected chi connectivity index (χ2v) is 10.2. The lowest BCUT2D eigenvalue weighted by molar-refractivity contribution is 0.0240. The van der Waals surface area contributed by atoms with E-state index in [1.54, 1.807) is 40.0 Å². The maximum Gasteiger partial charge on any atom is 0.410 e. The van der Waals surface area contributed by atoms with Gasteiger partial charge in [0.15, 0.2) is 5.65 Å². The van der Waals surface area contributed by atoms with Crippen LogP contribution in [0.4, 0.5) is 16.2 Å². The molecule has 5 rings (SSSR count). The molecule has 1 aromatic carbocycles. The van der Waals surface area contributed by atoms with Crippen molar-refractivity contribution in [3.05, 3.63) is 59.7 Å². The molecular formula is C27H28N8O3. The number of aryl methyl sites for hydroxylation is 1. The lowest BCUT2D eigenvalue weighted by Crippen LogP contribution is -2.50. The van der Waals surface area contributed by atoms with Crippen LogP contribution in [0.2, 0.25) is 0 Å². The van der Waals surface area contributed by atoms with Gasteiger partial charge in [0.2, 0.25) is 0 Å². The molecule has 1 saturated heterocycles. The predicted molar refractivity (Wildman–Crippen MR) is 142 cm³/mol. The van der Waals surface area contributed by atoms with Crippen LogP contribution >= 0.6 is 0 Å². The van der Waals surface area contributed by atoms with Gasteiger partial charge in [0.05, 0.1) is 28.7 Å². The number of carbonyl (C=O) groups is 2. The quantitative estimate of drug-likeness (QED) is 0.439. The average Bonchev–Trinajstić information content (AvgIpc) is 3.26. The molecule has 1 N–H and O–H groups in total. The Morgan fingerprint density at radius 2 is 1.87 bits per heavy atom. The molecule has 1 fully saturated rings. The zero-order valence-electron chi connectivity index (χ0n) is 21.7. The van der Waals surface area contributed by atoms with E-state index < -0.39 is 5.60 Å². The standard InChI is InChI=1S/C27H28N8O3/c1-17-15-35-16-19(13-18(14-28)24(35)30-17)31-25(36)21-5-6-22(20-7-8-29-32-23(20)21)33-9-11-34(12-10-33)26(37)38-27(2,3)4/h5-8,13,15-16H,9-12H2,1-4H3,(H,31,36). The minimum Gasteiger partial charge on any atom is -0.444 e. The maximum atomic E-state index is 13.3. The van der Waals surface area contributed by atoms with Crippen molar-refractivity contribution in [3.63, 3.8) is 0 Å². The fraction of sp³-hybridized carbons (Fsp3) is 0.333. The molecule has 0 saturated carbocycles. The largest absolute Gasteiger partial charge is 0.444 e. The van der Waals surface area contributed by atoms with Gasteiger partial charge < -0.3 is 24.3 Å². The Morgan fingerprint density at radius 3 is 2.58 bits per heavy atom. The van der Waals surface area contributed by atoms with E-state index >= 15 is 0 Å². The first kappa shape index (κ1) is 25.0. The van der Waals surface area contributed by atoms with Crippen molar-refractivity contribution in [3.8, 4) is 6.07 Å². The van der Waals surface area contributed by atoms with Crippen molar-refractivity contribution in [2.75, 3.05) is 36.4 Å². The zero-order valence-corrected chi connectivity index (χ0v) is 21.7. The zero-order chi connectivity index (χ0) is 27.0. The Labute approximate surface area is 219 Å². The van der Waals surface area contributed by atoms with Crippen LogP contribution in [0, 0.1) is 18.3 Å². The van der Waals surface area contributed by atoms with Gasteiger partial charge in [-0.25, -0.2) is 9.78 Å². The number of carbonyl (C=O) groups excluding carboxylic acids is 2. The van der Waals surface area contributed by atoms with E-state index in [1.165, 1.54) is 0 Å². The summed E-state index contributed by atoms with van der Waals surface area (Å²) in [5.74, 6) is -0.364. The van der Waals surface area contributed by atoms with Gasteiger partial charge >= 0.3 is 6.09 Å². The third-order valence-corrected chi connectivity index (χ3v) is 6.23. The number of imidazole rings is 1. The number of nitrogens with one attached hydrogen (secondary N) is 1. The minimum absolute atomic E-state index is 0.316. The molecule has 0 spiro atoms. The number of rotatable bonds is 3. The SMILES string of the molecule is Cc1cn2cc(NC(=O)c3ccc(N4CCN(C(=O)OC(C)(C)C)CC4)c4ccnnc34)cc(C#N)c2n1. The molecule has 1 aliphatic rings. The fourth-order valence-corrected chi connectivity index (χ4v) is 4.55. The number of benzene rings is 1. The number of nitrogens with zero attached hydrogens (tertiary/aromatic N) is 7. The molecule has 0 bridgehead atoms. The molecule has 3 aromatic heterocycles. The molecule has 2 amide bonds. The van der Waals surface area contributed by atoms with Gasteiger partial charge in [0.25, 0.3) is 5.91 Å². The monoisotopic (exact) mass is 512 g/mol. The highest BCUT2D eigenvalue weighted by Crippen LogP contribution is 2.29. The molecule has 194 valence electrons. The maximum absolute atomic E-state index is 13.3. The number of ether oxygens (including phenoxy) is 1. The molecule has 0 atom stereocenters. The normalized spacial score (nSPS) is 14.0. The van der Waals surface area contributed by atoms with Crippen LogP contribution in [-0.2, 0) is 4.74 Å². The van der Waals surface area contributed by atoms with Crippen molar-refractivity contribution in [1.29, 1.82) is 5.26 Å². The van der Waals surface area contributed by atoms with E-state index in [4.69, 9.17) is 4.74 Å². The lowest BCUT2D eigenvalue weighted by atomic mass is 10.1. The van der Waals surface area contributed by atoms with Gasteiger partial charge in [0, 0.05) is 49.6 Å². The Hall–Kier alpha value is -4.72. The van der Waals surface area contributed by atoms with Crippen LogP contribution in [0.15, 0.2) is 42.9 Å². The van der Waals surface area contributed by atoms with Gasteiger partial charge in [-0.2, -0.15) is 10.4 Å². The van der Waals surface area contributed by atoms with Crippen molar-refractivity contribution >= 4 is 39.9 Å². The molecule has 0 unspecified atom stereocenters. The van der Waals surface area contributed by atoms with Crippen molar-refractivity contribution in [2.45, 2.75) is 33.3 Å². The van der Waals surface area contributed by atoms with Gasteiger partial charge in [-0.1, -0.05) is 0 Å². The summed E-state index contributed by atoms with van der Waals surface area (Å²) < 4.78 is 7.23. The first-order valence-electron chi connectivity index (χ1n) is 12.3. The highest BCUT2D eigenvalue weighted by Gasteiger charge is 2.27. The molecule has 0 radical (unpaired) electrons. The van der Waals surface area contributed by atoms with Crippen LogP contribution < -0.4 is 10.2 Å². The first-order valence-corrected chi connectivity index (χ1v) is 12.3. The fourth-order valence-electron chi connectivity index (χ4n) is 4.55. The van der Waals surface area contributed by atoms with E-state index in [-0.39, 0.29) is 12.0 Å². The third-order valence-electron chi connectivity index (χ3n) is 6.23. The Bertz CT molecular complexity index is 1590. The number of hydrogen-bond donors (Lipinski definition) is 1. The highest BCUT2D eigenvalue weighted by molar-refractivity contribution is 6.13. The minimum atomic E-state index is -0.543. The molecule has 4 heterocycles. The summed E-state index contributed by atoms with van der Waals surface area (Å²) in [6, 6.07) is 9.20. The van der Waals surface area contributed by atoms with Crippen molar-refractivity contribution in [1.82, 2.24) is 24.5 Å². The van der Waals surface area contributed by atoms with Crippen LogP contribution in [-0.4, -0.2) is 68.3 Å². The third kappa shape index (κ3) is 4.93. The van der Waals surface area contributed by atoms with Crippen LogP contribution in [0.25, 0.3) is 16.6 Å². The van der Waals surface area contributed by atoms with Gasteiger partial charge in [-0.15, -0.1) is 5.10 Å². The Morgan fingerprint density at radius 1 is 1.11 bits per heavy atom. The lowest BCUT2D eigenvalue weighted by Gasteiger charge is -2.37. The summed E-state index contributed by atoms with van der Waals surface area (Å²) in [5.41, 5.74) is 3.35. The van der Waals surface area contributed by atoms with E-state index in [0.717, 1.165) is 16.8 Å². The molecular weight excluding hydrogens is 484 g/mol. The topological polar surface area (TPSA) is 129 Å². The van der Waals surface area contributed by atoms with Crippen LogP contribution in [0.3, 0.4) is 0 Å². The number of anilines is 2. The molecule has 1 aliphatic heterocycles. The number of nitriles is 1. The second-order valence-electron chi connectivity index (χ2n) is 10.2. The second kappa shape index (κ2) is 9.63. The highest BCUT2D eigenvalue weighted by atomic mass is 16.6. The molecule has 11 nitrogen and oxygen atoms in total. The number of hydrogen-bond acceptors (Lipinski definition) is 8. The number of fused-ring (bicyclic) bond motifs is 2. The summed E-state index contributed by atoms with van der Waals surface area (Å²) >= 11 is 0. The average molecular weight is 513 g/mol. The van der Waals surface area contributed by atoms with Crippen LogP contribution in [0.1, 0.15) is 42.4 Å². The van der Waals surface area contributed by atoms with Gasteiger partial charge in [-0.05, 0) is 52.0 Å². The molecule has 4 aromatic rings. The van der Waals surface area contributed by atoms with Gasteiger partial charge in [0.1, 0.15) is 17.2 Å². The van der Waals surface area contributed by atoms with E-state index in [1.807, 2.05) is 39.8 Å². The molecule has 38 heavy (non-hydrogen) atoms. The summed E-state index contributed by atoms with van der Waals surface area (Å²) in [5, 5.41) is 21.5. The predicted octanol–water partition coefficient (Wildman–Crippen LogP) is 3.77. The van der Waals surface area contributed by atoms with E-state index in [9.17, 15) is 14.9 Å². The molecule has 0 aliphatic carbocycles. The number of amides is 2. The van der Waals surface area contributed by atoms with Crippen LogP contribution in [0.5, 0.6) is 0 Å². The summed E-state index contributed by atoms with van der Waals surface area (Å²) in [4.78, 5) is 34.0. The summed E-state index contributed by atoms with van der Waals surface area (Å²) in [6.07, 6.45) is 4.80. The number of pyridine rings is 1. The van der Waals surface area contributed by atoms with Crippen molar-refractivity contribution < 1.29 is 14.3 Å². The van der Waals surface area contributed by atoms with E-state index in [2.05, 4.69) is 31.5 Å². The van der Waals surface area contributed by atoms with Gasteiger partial charge in [-0.3, -0.25) is 4.79 Å². The smallest absolute Gasteiger partial charge is 0.410 e. The number of aromatic nitrogens is 4. The number of piperazine rings is 1. The van der Waals surface area contributed by atoms with E-state index in [0.29, 0.717) is 54.2 Å². The molecule has 11 heteroatoms. The summed E-state index contributed by atoms with van der Waals surface area (Å²) in [6.45, 7) is 9.68. The first-order chi connectivity index (χ1) is 18.1. The van der Waals surface area contributed by atoms with Crippen molar-refractivity contribution in [2.24, 2.45) is 0 Å². The Balaban J connectivity index is 1.38. The Kier molecular flexibility index (Phi) is 6.32. The summed E-state index contributed by atoms with van der Waals surface area (Å²) in [7, 11) is 0.